The molecule has 0 amide bonds. The Morgan fingerprint density at radius 2 is 2.08 bits per heavy atom. The van der Waals surface area contributed by atoms with Crippen LogP contribution in [-0.4, -0.2) is 9.52 Å². The summed E-state index contributed by atoms with van der Waals surface area (Å²) in [5, 5.41) is 10.8. The average Bonchev–Trinajstić information content (AvgIpc) is 2.16. The highest BCUT2D eigenvalue weighted by atomic mass is 28.2. The molecule has 0 aliphatic rings. The third kappa shape index (κ3) is 3.72. The predicted octanol–water partition coefficient (Wildman–Crippen LogP) is 1.83. The van der Waals surface area contributed by atoms with E-state index in [0.717, 1.165) is 11.6 Å². The molecule has 0 heterocycles. The molecule has 0 N–H and O–H groups in total. The van der Waals surface area contributed by atoms with Gasteiger partial charge in [0.2, 0.25) is 0 Å². The van der Waals surface area contributed by atoms with Crippen LogP contribution in [0.4, 0.5) is 0 Å². The zero-order chi connectivity index (χ0) is 9.52. The van der Waals surface area contributed by atoms with Gasteiger partial charge in [-0.1, -0.05) is 40.7 Å². The lowest BCUT2D eigenvalue weighted by Crippen LogP contribution is -2.15. The van der Waals surface area contributed by atoms with Crippen molar-refractivity contribution in [2.24, 2.45) is 0 Å². The van der Waals surface area contributed by atoms with E-state index in [1.165, 1.54) is 5.19 Å². The first-order chi connectivity index (χ1) is 6.33. The molecule has 0 saturated heterocycles. The lowest BCUT2D eigenvalue weighted by Gasteiger charge is -2.00. The first kappa shape index (κ1) is 9.75. The molecule has 64 valence electrons. The summed E-state index contributed by atoms with van der Waals surface area (Å²) in [5.41, 5.74) is 0. The van der Waals surface area contributed by atoms with E-state index < -0.39 is 0 Å². The van der Waals surface area contributed by atoms with Gasteiger partial charge in [0.25, 0.3) is 0 Å². The van der Waals surface area contributed by atoms with Crippen LogP contribution >= 0.6 is 0 Å². The van der Waals surface area contributed by atoms with Crippen molar-refractivity contribution in [2.45, 2.75) is 12.8 Å². The van der Waals surface area contributed by atoms with Gasteiger partial charge < -0.3 is 0 Å². The fourth-order valence-corrected chi connectivity index (χ4v) is 2.01. The van der Waals surface area contributed by atoms with Crippen molar-refractivity contribution in [1.82, 2.24) is 0 Å². The van der Waals surface area contributed by atoms with Crippen molar-refractivity contribution >= 4 is 14.7 Å². The van der Waals surface area contributed by atoms with Crippen molar-refractivity contribution < 1.29 is 0 Å². The Kier molecular flexibility index (Phi) is 4.00. The number of hydrogen-bond donors (Lipinski definition) is 0. The van der Waals surface area contributed by atoms with E-state index in [-0.39, 0.29) is 0 Å². The molecule has 2 radical (unpaired) electrons. The van der Waals surface area contributed by atoms with Gasteiger partial charge in [-0.2, -0.15) is 5.26 Å². The minimum Gasteiger partial charge on any atom is -0.198 e. The molecule has 1 nitrogen and oxygen atoms in total. The van der Waals surface area contributed by atoms with E-state index in [2.05, 4.69) is 24.8 Å². The van der Waals surface area contributed by atoms with Crippen LogP contribution in [-0.2, 0) is 0 Å². The van der Waals surface area contributed by atoms with E-state index >= 15 is 0 Å². The third-order valence-corrected chi connectivity index (χ3v) is 2.86. The second-order valence-corrected chi connectivity index (χ2v) is 4.29. The molecule has 0 fully saturated rings. The first-order valence-electron chi connectivity index (χ1n) is 4.19. The van der Waals surface area contributed by atoms with Gasteiger partial charge in [-0.05, 0) is 6.42 Å². The maximum atomic E-state index is 8.39. The lowest BCUT2D eigenvalue weighted by molar-refractivity contribution is 1.04. The van der Waals surface area contributed by atoms with Crippen molar-refractivity contribution in [1.29, 1.82) is 5.26 Å². The lowest BCUT2D eigenvalue weighted by atomic mass is 10.3. The second kappa shape index (κ2) is 5.34. The molecule has 0 aliphatic heterocycles. The topological polar surface area (TPSA) is 23.8 Å². The van der Waals surface area contributed by atoms with Crippen molar-refractivity contribution in [2.75, 3.05) is 0 Å². The van der Waals surface area contributed by atoms with E-state index in [9.17, 15) is 0 Å². The van der Waals surface area contributed by atoms with Gasteiger partial charge >= 0.3 is 0 Å². The molecule has 0 bridgehead atoms. The van der Waals surface area contributed by atoms with Gasteiger partial charge in [0, 0.05) is 6.42 Å². The molecule has 2 heteroatoms. The Morgan fingerprint density at radius 3 is 2.69 bits per heavy atom. The minimum absolute atomic E-state index is 0.582. The normalized spacial score (nSPS) is 9.15. The van der Waals surface area contributed by atoms with Gasteiger partial charge in [0.1, 0.15) is 9.52 Å². The summed E-state index contributed by atoms with van der Waals surface area (Å²) in [6.45, 7) is 3.95. The summed E-state index contributed by atoms with van der Waals surface area (Å²) in [5.74, 6) is 0. The fourth-order valence-electron chi connectivity index (χ4n) is 0.995. The predicted molar refractivity (Wildman–Crippen MR) is 55.8 cm³/mol. The highest BCUT2D eigenvalue weighted by molar-refractivity contribution is 6.60. The summed E-state index contributed by atoms with van der Waals surface area (Å²) >= 11 is 0. The van der Waals surface area contributed by atoms with Crippen LogP contribution in [0.5, 0.6) is 0 Å². The number of benzene rings is 1. The smallest absolute Gasteiger partial charge is 0.115 e. The second-order valence-electron chi connectivity index (χ2n) is 2.75. The fraction of sp³-hybridized carbons (Fsp3) is 0.182. The number of hydrogen-bond acceptors (Lipinski definition) is 1. The number of nitriles is 1. The Morgan fingerprint density at radius 1 is 1.38 bits per heavy atom. The summed E-state index contributed by atoms with van der Waals surface area (Å²) in [6, 6.07) is 12.4. The molecule has 1 aromatic carbocycles. The van der Waals surface area contributed by atoms with Gasteiger partial charge in [-0.15, -0.1) is 6.58 Å². The van der Waals surface area contributed by atoms with Crippen molar-refractivity contribution in [3.05, 3.63) is 42.1 Å². The number of rotatable bonds is 4. The molecule has 1 aromatic rings. The maximum Gasteiger partial charge on any atom is 0.115 e. The number of allylic oxidation sites excluding steroid dienone is 1. The zero-order valence-corrected chi connectivity index (χ0v) is 8.46. The van der Waals surface area contributed by atoms with Gasteiger partial charge in [-0.3, -0.25) is 0 Å². The van der Waals surface area contributed by atoms with Crippen LogP contribution in [0.3, 0.4) is 0 Å². The SMILES string of the molecule is C=C(CCC#N)[Si]c1ccccc1. The highest BCUT2D eigenvalue weighted by Crippen LogP contribution is 1.99. The Labute approximate surface area is 81.5 Å². The van der Waals surface area contributed by atoms with Crippen molar-refractivity contribution in [3.8, 4) is 6.07 Å². The standard InChI is InChI=1S/C11H11NSi/c1-10(6-5-9-12)13-11-7-3-2-4-8-11/h2-4,7-8H,1,5-6H2. The molecule has 13 heavy (non-hydrogen) atoms. The largest absolute Gasteiger partial charge is 0.198 e. The monoisotopic (exact) mass is 185 g/mol. The van der Waals surface area contributed by atoms with E-state index in [0.29, 0.717) is 15.9 Å². The molecule has 0 unspecified atom stereocenters. The van der Waals surface area contributed by atoms with Crippen LogP contribution < -0.4 is 5.19 Å². The zero-order valence-electron chi connectivity index (χ0n) is 7.46. The van der Waals surface area contributed by atoms with E-state index in [1.54, 1.807) is 0 Å². The van der Waals surface area contributed by atoms with E-state index in [4.69, 9.17) is 5.26 Å². The number of nitrogens with zero attached hydrogens (tertiary/aromatic N) is 1. The van der Waals surface area contributed by atoms with Crippen LogP contribution in [0, 0.1) is 11.3 Å². The average molecular weight is 185 g/mol. The Balaban J connectivity index is 2.42. The highest BCUT2D eigenvalue weighted by Gasteiger charge is 1.97. The third-order valence-electron chi connectivity index (χ3n) is 1.63. The van der Waals surface area contributed by atoms with Crippen LogP contribution in [0.2, 0.25) is 0 Å². The van der Waals surface area contributed by atoms with Gasteiger partial charge in [0.05, 0.1) is 6.07 Å². The molecule has 0 aliphatic carbocycles. The van der Waals surface area contributed by atoms with Gasteiger partial charge in [-0.25, -0.2) is 0 Å². The Hall–Kier alpha value is -1.33. The molecular formula is C11H11NSi. The molecule has 0 atom stereocenters. The first-order valence-corrected chi connectivity index (χ1v) is 5.19. The Bertz CT molecular complexity index is 311. The van der Waals surface area contributed by atoms with Crippen LogP contribution in [0.15, 0.2) is 42.1 Å². The molecule has 0 spiro atoms. The van der Waals surface area contributed by atoms with Crippen molar-refractivity contribution in [3.63, 3.8) is 0 Å². The van der Waals surface area contributed by atoms with Crippen LogP contribution in [0.25, 0.3) is 0 Å². The molecular weight excluding hydrogens is 174 g/mol. The quantitative estimate of drug-likeness (QED) is 0.657. The summed E-state index contributed by atoms with van der Waals surface area (Å²) in [4.78, 5) is 0. The molecule has 1 rings (SSSR count). The summed E-state index contributed by atoms with van der Waals surface area (Å²) in [6.07, 6.45) is 1.41. The maximum absolute atomic E-state index is 8.39. The molecule has 0 aromatic heterocycles. The summed E-state index contributed by atoms with van der Waals surface area (Å²) < 4.78 is 0. The van der Waals surface area contributed by atoms with Gasteiger partial charge in [0.15, 0.2) is 0 Å². The van der Waals surface area contributed by atoms with E-state index in [1.807, 2.05) is 18.2 Å². The molecule has 0 saturated carbocycles. The minimum atomic E-state index is 0.582. The van der Waals surface area contributed by atoms with Crippen LogP contribution in [0.1, 0.15) is 12.8 Å². The summed E-state index contributed by atoms with van der Waals surface area (Å²) in [7, 11) is 0.643.